The quantitative estimate of drug-likeness (QED) is 0.660. The van der Waals surface area contributed by atoms with Crippen LogP contribution in [-0.4, -0.2) is 31.6 Å². The minimum atomic E-state index is -0.769. The highest BCUT2D eigenvalue weighted by Gasteiger charge is 2.33. The summed E-state index contributed by atoms with van der Waals surface area (Å²) in [4.78, 5) is 33.0. The van der Waals surface area contributed by atoms with E-state index < -0.39 is 6.04 Å². The number of fused-ring (bicyclic) bond motifs is 1. The SMILES string of the molecule is O=C1C[C@H](C(=O)Nc2ccccn2)n2nc(SCc3ccccc3)nc2N1. The van der Waals surface area contributed by atoms with Gasteiger partial charge < -0.3 is 5.32 Å². The Morgan fingerprint density at radius 3 is 2.81 bits per heavy atom. The highest BCUT2D eigenvalue weighted by atomic mass is 32.2. The number of amides is 2. The number of carbonyl (C=O) groups is 2. The largest absolute Gasteiger partial charge is 0.309 e. The van der Waals surface area contributed by atoms with Crippen molar-refractivity contribution in [1.82, 2.24) is 19.7 Å². The van der Waals surface area contributed by atoms with Crippen LogP contribution in [0.1, 0.15) is 18.0 Å². The molecule has 0 unspecified atom stereocenters. The second-order valence-corrected chi connectivity index (χ2v) is 6.85. The lowest BCUT2D eigenvalue weighted by Gasteiger charge is -2.22. The molecule has 0 radical (unpaired) electrons. The highest BCUT2D eigenvalue weighted by Crippen LogP contribution is 2.28. The van der Waals surface area contributed by atoms with Crippen LogP contribution < -0.4 is 10.6 Å². The summed E-state index contributed by atoms with van der Waals surface area (Å²) in [6.07, 6.45) is 1.58. The summed E-state index contributed by atoms with van der Waals surface area (Å²) in [5.74, 6) is 0.782. The van der Waals surface area contributed by atoms with Crippen LogP contribution in [0.15, 0.2) is 59.9 Å². The van der Waals surface area contributed by atoms with Crippen molar-refractivity contribution in [2.75, 3.05) is 10.6 Å². The topological polar surface area (TPSA) is 102 Å². The average molecular weight is 380 g/mol. The van der Waals surface area contributed by atoms with Crippen LogP contribution in [0.4, 0.5) is 11.8 Å². The van der Waals surface area contributed by atoms with E-state index in [4.69, 9.17) is 0 Å². The van der Waals surface area contributed by atoms with E-state index in [9.17, 15) is 9.59 Å². The van der Waals surface area contributed by atoms with Gasteiger partial charge in [0.05, 0.1) is 6.42 Å². The summed E-state index contributed by atoms with van der Waals surface area (Å²) >= 11 is 1.45. The van der Waals surface area contributed by atoms with Gasteiger partial charge in [-0.1, -0.05) is 48.2 Å². The number of carbonyl (C=O) groups excluding carboxylic acids is 2. The summed E-state index contributed by atoms with van der Waals surface area (Å²) in [5, 5.41) is 10.3. The molecule has 0 spiro atoms. The third-order valence-corrected chi connectivity index (χ3v) is 4.88. The van der Waals surface area contributed by atoms with E-state index in [0.717, 1.165) is 5.56 Å². The number of hydrogen-bond acceptors (Lipinski definition) is 6. The van der Waals surface area contributed by atoms with Gasteiger partial charge in [-0.2, -0.15) is 4.98 Å². The molecule has 1 atom stereocenters. The van der Waals surface area contributed by atoms with Crippen LogP contribution in [0, 0.1) is 0 Å². The fraction of sp³-hybridized carbons (Fsp3) is 0.167. The molecule has 0 bridgehead atoms. The Labute approximate surface area is 159 Å². The maximum atomic E-state index is 12.6. The number of benzene rings is 1. The predicted molar refractivity (Wildman–Crippen MR) is 101 cm³/mol. The molecule has 3 heterocycles. The number of thioether (sulfide) groups is 1. The van der Waals surface area contributed by atoms with Gasteiger partial charge in [0.15, 0.2) is 0 Å². The molecule has 0 aliphatic carbocycles. The van der Waals surface area contributed by atoms with E-state index >= 15 is 0 Å². The minimum Gasteiger partial charge on any atom is -0.309 e. The lowest BCUT2D eigenvalue weighted by atomic mass is 10.1. The molecule has 9 heteroatoms. The van der Waals surface area contributed by atoms with Crippen molar-refractivity contribution in [3.63, 3.8) is 0 Å². The van der Waals surface area contributed by atoms with Gasteiger partial charge in [-0.3, -0.25) is 14.9 Å². The molecule has 1 aromatic carbocycles. The van der Waals surface area contributed by atoms with Gasteiger partial charge in [-0.25, -0.2) is 9.67 Å². The maximum absolute atomic E-state index is 12.6. The predicted octanol–water partition coefficient (Wildman–Crippen LogP) is 2.49. The van der Waals surface area contributed by atoms with Crippen LogP contribution in [0.25, 0.3) is 0 Å². The van der Waals surface area contributed by atoms with Gasteiger partial charge in [0.1, 0.15) is 11.9 Å². The Morgan fingerprint density at radius 2 is 2.04 bits per heavy atom. The smallest absolute Gasteiger partial charge is 0.251 e. The van der Waals surface area contributed by atoms with Crippen molar-refractivity contribution in [2.45, 2.75) is 23.4 Å². The molecule has 1 aliphatic heterocycles. The van der Waals surface area contributed by atoms with Crippen molar-refractivity contribution in [3.05, 3.63) is 60.3 Å². The summed E-state index contributed by atoms with van der Waals surface area (Å²) in [7, 11) is 0. The van der Waals surface area contributed by atoms with Crippen molar-refractivity contribution in [3.8, 4) is 0 Å². The van der Waals surface area contributed by atoms with E-state index in [1.54, 1.807) is 24.4 Å². The fourth-order valence-corrected chi connectivity index (χ4v) is 3.46. The van der Waals surface area contributed by atoms with E-state index in [-0.39, 0.29) is 24.2 Å². The molecule has 2 aromatic heterocycles. The number of anilines is 2. The van der Waals surface area contributed by atoms with E-state index in [2.05, 4.69) is 25.7 Å². The number of hydrogen-bond donors (Lipinski definition) is 2. The van der Waals surface area contributed by atoms with E-state index in [1.807, 2.05) is 30.3 Å². The van der Waals surface area contributed by atoms with Crippen molar-refractivity contribution in [1.29, 1.82) is 0 Å². The zero-order valence-electron chi connectivity index (χ0n) is 14.2. The molecular weight excluding hydrogens is 364 g/mol. The van der Waals surface area contributed by atoms with E-state index in [1.165, 1.54) is 16.4 Å². The summed E-state index contributed by atoms with van der Waals surface area (Å²) < 4.78 is 1.47. The first-order chi connectivity index (χ1) is 13.2. The molecule has 4 rings (SSSR count). The molecular formula is C18H16N6O2S. The second kappa shape index (κ2) is 7.58. The standard InChI is InChI=1S/C18H16N6O2S/c25-15-10-13(16(26)20-14-8-4-5-9-19-14)24-17(21-15)22-18(23-24)27-11-12-6-2-1-3-7-12/h1-9,13H,10-11H2,(H,19,20,26)(H,21,22,23,25)/t13-/m1/s1. The van der Waals surface area contributed by atoms with Gasteiger partial charge >= 0.3 is 0 Å². The molecule has 0 fully saturated rings. The lowest BCUT2D eigenvalue weighted by molar-refractivity contribution is -0.125. The molecule has 27 heavy (non-hydrogen) atoms. The molecule has 1 aliphatic rings. The Bertz CT molecular complexity index is 960. The fourth-order valence-electron chi connectivity index (χ4n) is 2.68. The number of rotatable bonds is 5. The van der Waals surface area contributed by atoms with Crippen molar-refractivity contribution in [2.24, 2.45) is 0 Å². The summed E-state index contributed by atoms with van der Waals surface area (Å²) in [5.41, 5.74) is 1.14. The Kier molecular flexibility index (Phi) is 4.84. The first kappa shape index (κ1) is 17.2. The van der Waals surface area contributed by atoms with Gasteiger partial charge in [0.25, 0.3) is 5.91 Å². The molecule has 0 saturated carbocycles. The first-order valence-corrected chi connectivity index (χ1v) is 9.32. The molecule has 8 nitrogen and oxygen atoms in total. The highest BCUT2D eigenvalue weighted by molar-refractivity contribution is 7.98. The number of pyridine rings is 1. The number of aromatic nitrogens is 4. The number of nitrogens with one attached hydrogen (secondary N) is 2. The van der Waals surface area contributed by atoms with Gasteiger partial charge in [0, 0.05) is 11.9 Å². The van der Waals surface area contributed by atoms with Crippen LogP contribution >= 0.6 is 11.8 Å². The van der Waals surface area contributed by atoms with Crippen LogP contribution in [0.2, 0.25) is 0 Å². The average Bonchev–Trinajstić information content (AvgIpc) is 3.10. The lowest BCUT2D eigenvalue weighted by Crippen LogP contribution is -2.36. The molecule has 2 amide bonds. The second-order valence-electron chi connectivity index (χ2n) is 5.91. The maximum Gasteiger partial charge on any atom is 0.251 e. The van der Waals surface area contributed by atoms with Crippen LogP contribution in [0.3, 0.4) is 0 Å². The Balaban J connectivity index is 1.51. The van der Waals surface area contributed by atoms with Crippen molar-refractivity contribution < 1.29 is 9.59 Å². The van der Waals surface area contributed by atoms with E-state index in [0.29, 0.717) is 16.7 Å². The van der Waals surface area contributed by atoms with Gasteiger partial charge in [-0.15, -0.1) is 5.10 Å². The van der Waals surface area contributed by atoms with Crippen molar-refractivity contribution >= 4 is 35.3 Å². The number of nitrogens with zero attached hydrogens (tertiary/aromatic N) is 4. The van der Waals surface area contributed by atoms with Crippen LogP contribution in [0.5, 0.6) is 0 Å². The monoisotopic (exact) mass is 380 g/mol. The zero-order chi connectivity index (χ0) is 18.6. The van der Waals surface area contributed by atoms with Gasteiger partial charge in [0.2, 0.25) is 17.0 Å². The first-order valence-electron chi connectivity index (χ1n) is 8.34. The summed E-state index contributed by atoms with van der Waals surface area (Å²) in [6.45, 7) is 0. The third-order valence-electron chi connectivity index (χ3n) is 3.97. The molecule has 0 saturated heterocycles. The molecule has 3 aromatic rings. The van der Waals surface area contributed by atoms with Crippen LogP contribution in [-0.2, 0) is 15.3 Å². The normalized spacial score (nSPS) is 15.7. The Hall–Kier alpha value is -3.20. The zero-order valence-corrected chi connectivity index (χ0v) is 15.0. The molecule has 2 N–H and O–H groups in total. The molecule has 136 valence electrons. The van der Waals surface area contributed by atoms with Gasteiger partial charge in [-0.05, 0) is 17.7 Å². The minimum absolute atomic E-state index is 0.00216. The summed E-state index contributed by atoms with van der Waals surface area (Å²) in [6, 6.07) is 14.4. The third kappa shape index (κ3) is 3.98. The Morgan fingerprint density at radius 1 is 1.22 bits per heavy atom.